The van der Waals surface area contributed by atoms with E-state index in [1.807, 2.05) is 0 Å². The van der Waals surface area contributed by atoms with Crippen LogP contribution in [-0.4, -0.2) is 24.8 Å². The number of piperidine rings is 1. The molecule has 0 amide bonds. The number of nitrogens with one attached hydrogen (secondary N) is 1. The predicted octanol–water partition coefficient (Wildman–Crippen LogP) is 2.58. The molecule has 0 aromatic heterocycles. The van der Waals surface area contributed by atoms with Crippen LogP contribution in [0.3, 0.4) is 0 Å². The first-order valence-electron chi connectivity index (χ1n) is 6.18. The van der Waals surface area contributed by atoms with E-state index in [2.05, 4.69) is 39.9 Å². The molecule has 2 nitrogen and oxygen atoms in total. The Kier molecular flexibility index (Phi) is 2.44. The zero-order valence-corrected chi connectivity index (χ0v) is 10.8. The maximum Gasteiger partial charge on any atom is 0.0696 e. The fourth-order valence-corrected chi connectivity index (χ4v) is 2.79. The van der Waals surface area contributed by atoms with Crippen molar-refractivity contribution in [2.24, 2.45) is 10.8 Å². The van der Waals surface area contributed by atoms with E-state index in [1.165, 1.54) is 0 Å². The molecule has 0 unspecified atom stereocenters. The second-order valence-electron chi connectivity index (χ2n) is 6.64. The number of ether oxygens (including phenoxy) is 1. The Labute approximate surface area is 93.8 Å². The van der Waals surface area contributed by atoms with E-state index in [1.54, 1.807) is 0 Å². The molecule has 2 heteroatoms. The van der Waals surface area contributed by atoms with Crippen LogP contribution in [0, 0.1) is 10.8 Å². The van der Waals surface area contributed by atoms with Crippen LogP contribution in [0.1, 0.15) is 47.5 Å². The van der Waals surface area contributed by atoms with Crippen molar-refractivity contribution in [1.82, 2.24) is 5.32 Å². The van der Waals surface area contributed by atoms with Crippen molar-refractivity contribution < 1.29 is 4.74 Å². The van der Waals surface area contributed by atoms with E-state index in [-0.39, 0.29) is 5.60 Å². The summed E-state index contributed by atoms with van der Waals surface area (Å²) in [4.78, 5) is 0. The average molecular weight is 211 g/mol. The Morgan fingerprint density at radius 2 is 1.40 bits per heavy atom. The molecular formula is C13H25NO. The van der Waals surface area contributed by atoms with Gasteiger partial charge in [-0.2, -0.15) is 0 Å². The second kappa shape index (κ2) is 3.21. The van der Waals surface area contributed by atoms with E-state index >= 15 is 0 Å². The minimum absolute atomic E-state index is 0.112. The van der Waals surface area contributed by atoms with Gasteiger partial charge in [-0.1, -0.05) is 27.7 Å². The van der Waals surface area contributed by atoms with Gasteiger partial charge >= 0.3 is 0 Å². The summed E-state index contributed by atoms with van der Waals surface area (Å²) in [5.74, 6) is 0. The SMILES string of the molecule is CC1(OC2C(C)(C)C2(C)C)CCNCC1. The highest BCUT2D eigenvalue weighted by Crippen LogP contribution is 2.65. The largest absolute Gasteiger partial charge is 0.371 e. The molecule has 0 spiro atoms. The van der Waals surface area contributed by atoms with Gasteiger partial charge in [0.25, 0.3) is 0 Å². The monoisotopic (exact) mass is 211 g/mol. The number of hydrogen-bond acceptors (Lipinski definition) is 2. The van der Waals surface area contributed by atoms with Crippen LogP contribution in [0.15, 0.2) is 0 Å². The Morgan fingerprint density at radius 3 is 1.80 bits per heavy atom. The van der Waals surface area contributed by atoms with Gasteiger partial charge < -0.3 is 10.1 Å². The van der Waals surface area contributed by atoms with Crippen LogP contribution in [0.2, 0.25) is 0 Å². The highest BCUT2D eigenvalue weighted by molar-refractivity contribution is 5.15. The minimum atomic E-state index is 0.112. The molecule has 88 valence electrons. The van der Waals surface area contributed by atoms with Gasteiger partial charge in [-0.15, -0.1) is 0 Å². The molecule has 0 aromatic rings. The van der Waals surface area contributed by atoms with Gasteiger partial charge in [-0.05, 0) is 43.7 Å². The van der Waals surface area contributed by atoms with Crippen molar-refractivity contribution in [3.05, 3.63) is 0 Å². The molecule has 0 bridgehead atoms. The van der Waals surface area contributed by atoms with Crippen molar-refractivity contribution in [1.29, 1.82) is 0 Å². The first-order chi connectivity index (χ1) is 6.80. The van der Waals surface area contributed by atoms with Gasteiger partial charge in [-0.25, -0.2) is 0 Å². The summed E-state index contributed by atoms with van der Waals surface area (Å²) in [6.45, 7) is 13.8. The van der Waals surface area contributed by atoms with E-state index in [4.69, 9.17) is 4.74 Å². The molecule has 1 N–H and O–H groups in total. The van der Waals surface area contributed by atoms with Crippen LogP contribution in [0.4, 0.5) is 0 Å². The lowest BCUT2D eigenvalue weighted by Crippen LogP contribution is -2.42. The summed E-state index contributed by atoms with van der Waals surface area (Å²) < 4.78 is 6.38. The summed E-state index contributed by atoms with van der Waals surface area (Å²) >= 11 is 0. The molecule has 2 rings (SSSR count). The van der Waals surface area contributed by atoms with Crippen LogP contribution in [0.5, 0.6) is 0 Å². The summed E-state index contributed by atoms with van der Waals surface area (Å²) in [5.41, 5.74) is 0.808. The van der Waals surface area contributed by atoms with Gasteiger partial charge in [0.15, 0.2) is 0 Å². The fraction of sp³-hybridized carbons (Fsp3) is 1.00. The molecule has 15 heavy (non-hydrogen) atoms. The van der Waals surface area contributed by atoms with Gasteiger partial charge in [0.1, 0.15) is 0 Å². The highest BCUT2D eigenvalue weighted by Gasteiger charge is 2.67. The Balaban J connectivity index is 1.98. The summed E-state index contributed by atoms with van der Waals surface area (Å²) in [6.07, 6.45) is 2.74. The summed E-state index contributed by atoms with van der Waals surface area (Å²) in [7, 11) is 0. The predicted molar refractivity (Wildman–Crippen MR) is 62.9 cm³/mol. The van der Waals surface area contributed by atoms with Crippen LogP contribution in [-0.2, 0) is 4.74 Å². The van der Waals surface area contributed by atoms with Crippen molar-refractivity contribution in [2.45, 2.75) is 59.2 Å². The van der Waals surface area contributed by atoms with Crippen molar-refractivity contribution in [3.8, 4) is 0 Å². The fourth-order valence-electron chi connectivity index (χ4n) is 2.79. The molecule has 0 radical (unpaired) electrons. The molecule has 1 saturated carbocycles. The average Bonchev–Trinajstić information content (AvgIpc) is 2.49. The lowest BCUT2D eigenvalue weighted by molar-refractivity contribution is -0.0797. The molecule has 1 aliphatic heterocycles. The lowest BCUT2D eigenvalue weighted by Gasteiger charge is -2.35. The molecular weight excluding hydrogens is 186 g/mol. The molecule has 0 atom stereocenters. The third-order valence-corrected chi connectivity index (χ3v) is 4.95. The Hall–Kier alpha value is -0.0800. The highest BCUT2D eigenvalue weighted by atomic mass is 16.5. The molecule has 2 fully saturated rings. The van der Waals surface area contributed by atoms with E-state index in [0.29, 0.717) is 16.9 Å². The number of rotatable bonds is 2. The minimum Gasteiger partial charge on any atom is -0.371 e. The topological polar surface area (TPSA) is 21.3 Å². The molecule has 2 aliphatic rings. The van der Waals surface area contributed by atoms with E-state index in [9.17, 15) is 0 Å². The van der Waals surface area contributed by atoms with E-state index < -0.39 is 0 Å². The van der Waals surface area contributed by atoms with E-state index in [0.717, 1.165) is 25.9 Å². The second-order valence-corrected chi connectivity index (χ2v) is 6.64. The summed E-state index contributed by atoms with van der Waals surface area (Å²) in [6, 6.07) is 0. The molecule has 0 aromatic carbocycles. The quantitative estimate of drug-likeness (QED) is 0.758. The Bertz CT molecular complexity index is 237. The maximum atomic E-state index is 6.38. The normalized spacial score (nSPS) is 32.6. The first kappa shape index (κ1) is 11.4. The van der Waals surface area contributed by atoms with Gasteiger partial charge in [-0.3, -0.25) is 0 Å². The third kappa shape index (κ3) is 1.72. The molecule has 1 saturated heterocycles. The van der Waals surface area contributed by atoms with Crippen molar-refractivity contribution in [3.63, 3.8) is 0 Å². The Morgan fingerprint density at radius 1 is 0.933 bits per heavy atom. The van der Waals surface area contributed by atoms with Gasteiger partial charge in [0, 0.05) is 0 Å². The van der Waals surface area contributed by atoms with Gasteiger partial charge in [0.2, 0.25) is 0 Å². The zero-order chi connectivity index (χ0) is 11.3. The van der Waals surface area contributed by atoms with Crippen LogP contribution >= 0.6 is 0 Å². The summed E-state index contributed by atoms with van der Waals surface area (Å²) in [5, 5.41) is 3.40. The number of hydrogen-bond donors (Lipinski definition) is 1. The van der Waals surface area contributed by atoms with Crippen molar-refractivity contribution in [2.75, 3.05) is 13.1 Å². The van der Waals surface area contributed by atoms with Gasteiger partial charge in [0.05, 0.1) is 11.7 Å². The lowest BCUT2D eigenvalue weighted by atomic mass is 9.94. The zero-order valence-electron chi connectivity index (χ0n) is 10.8. The van der Waals surface area contributed by atoms with Crippen LogP contribution in [0.25, 0.3) is 0 Å². The molecule has 1 aliphatic carbocycles. The third-order valence-electron chi connectivity index (χ3n) is 4.95. The first-order valence-corrected chi connectivity index (χ1v) is 6.18. The van der Waals surface area contributed by atoms with Crippen molar-refractivity contribution >= 4 is 0 Å². The molecule has 1 heterocycles. The standard InChI is InChI=1S/C13H25NO/c1-11(2)10(12(11,3)4)15-13(5)6-8-14-9-7-13/h10,14H,6-9H2,1-5H3. The smallest absolute Gasteiger partial charge is 0.0696 e. The maximum absolute atomic E-state index is 6.38. The van der Waals surface area contributed by atoms with Crippen LogP contribution < -0.4 is 5.32 Å².